The first-order chi connectivity index (χ1) is 11.9. The van der Waals surface area contributed by atoms with E-state index in [1.165, 1.54) is 25.0 Å². The average Bonchev–Trinajstić information content (AvgIpc) is 3.30. The largest absolute Gasteiger partial charge is 0.369 e. The van der Waals surface area contributed by atoms with Crippen LogP contribution in [-0.4, -0.2) is 26.1 Å². The van der Waals surface area contributed by atoms with E-state index in [1.807, 2.05) is 6.92 Å². The first-order valence-corrected chi connectivity index (χ1v) is 9.10. The zero-order chi connectivity index (χ0) is 18.0. The summed E-state index contributed by atoms with van der Waals surface area (Å²) in [6.07, 6.45) is 2.61. The van der Waals surface area contributed by atoms with Gasteiger partial charge in [-0.25, -0.2) is 4.39 Å². The normalized spacial score (nSPS) is 13.5. The minimum atomic E-state index is -0.294. The van der Waals surface area contributed by atoms with Gasteiger partial charge in [-0.3, -0.25) is 0 Å². The Kier molecular flexibility index (Phi) is 5.72. The molecular formula is C16H17Cl2FN5P. The molecule has 2 aromatic heterocycles. The summed E-state index contributed by atoms with van der Waals surface area (Å²) in [5, 5.41) is 9.43. The highest BCUT2D eigenvalue weighted by Crippen LogP contribution is 2.29. The number of hydrogen-bond donors (Lipinski definition) is 1. The Morgan fingerprint density at radius 3 is 2.68 bits per heavy atom. The van der Waals surface area contributed by atoms with Gasteiger partial charge in [-0.15, -0.1) is 5.10 Å². The topological polar surface area (TPSA) is 55.1 Å². The van der Waals surface area contributed by atoms with Crippen LogP contribution in [0.5, 0.6) is 0 Å². The second-order valence-electron chi connectivity index (χ2n) is 5.80. The molecule has 0 amide bonds. The van der Waals surface area contributed by atoms with E-state index >= 15 is 0 Å². The van der Waals surface area contributed by atoms with Crippen molar-refractivity contribution in [1.29, 1.82) is 0 Å². The lowest BCUT2D eigenvalue weighted by Crippen LogP contribution is -2.17. The predicted octanol–water partition coefficient (Wildman–Crippen LogP) is 3.89. The van der Waals surface area contributed by atoms with Crippen LogP contribution in [0.25, 0.3) is 5.78 Å². The van der Waals surface area contributed by atoms with Gasteiger partial charge in [0.2, 0.25) is 0 Å². The van der Waals surface area contributed by atoms with Gasteiger partial charge in [0.15, 0.2) is 0 Å². The number of aromatic nitrogens is 4. The molecule has 0 saturated heterocycles. The number of benzene rings is 1. The fourth-order valence-electron chi connectivity index (χ4n) is 2.18. The zero-order valence-electron chi connectivity index (χ0n) is 13.5. The molecule has 0 radical (unpaired) electrons. The maximum absolute atomic E-state index is 12.1. The zero-order valence-corrected chi connectivity index (χ0v) is 16.2. The first-order valence-electron chi connectivity index (χ1n) is 7.77. The summed E-state index contributed by atoms with van der Waals surface area (Å²) < 4.78 is 13.8. The second kappa shape index (κ2) is 7.81. The van der Waals surface area contributed by atoms with Gasteiger partial charge in [-0.05, 0) is 43.9 Å². The highest BCUT2D eigenvalue weighted by Gasteiger charge is 2.22. The molecule has 4 rings (SSSR count). The molecule has 2 heterocycles. The summed E-state index contributed by atoms with van der Waals surface area (Å²) in [5.41, 5.74) is 0. The van der Waals surface area contributed by atoms with Gasteiger partial charge in [0, 0.05) is 16.9 Å². The van der Waals surface area contributed by atoms with Crippen LogP contribution >= 0.6 is 32.4 Å². The van der Waals surface area contributed by atoms with E-state index in [1.54, 1.807) is 16.6 Å². The van der Waals surface area contributed by atoms with E-state index in [-0.39, 0.29) is 5.82 Å². The average molecular weight is 400 g/mol. The van der Waals surface area contributed by atoms with Crippen LogP contribution in [0.2, 0.25) is 10.2 Å². The third-order valence-electron chi connectivity index (χ3n) is 3.63. The fraction of sp³-hybridized carbons (Fsp3) is 0.312. The molecule has 0 bridgehead atoms. The lowest BCUT2D eigenvalue weighted by Gasteiger charge is -2.10. The van der Waals surface area contributed by atoms with Crippen molar-refractivity contribution in [3.8, 4) is 0 Å². The minimum absolute atomic E-state index is 0.294. The third-order valence-corrected chi connectivity index (χ3v) is 4.88. The lowest BCUT2D eigenvalue weighted by molar-refractivity contribution is 0.628. The van der Waals surface area contributed by atoms with Crippen molar-refractivity contribution < 1.29 is 4.39 Å². The van der Waals surface area contributed by atoms with Crippen LogP contribution < -0.4 is 10.6 Å². The smallest absolute Gasteiger partial charge is 0.255 e. The maximum atomic E-state index is 12.1. The molecule has 25 heavy (non-hydrogen) atoms. The van der Waals surface area contributed by atoms with Crippen LogP contribution in [0.3, 0.4) is 0 Å². The van der Waals surface area contributed by atoms with E-state index in [9.17, 15) is 4.39 Å². The second-order valence-corrected chi connectivity index (χ2v) is 7.17. The summed E-state index contributed by atoms with van der Waals surface area (Å²) in [5.74, 6) is 2.59. The Balaban J connectivity index is 0.000000192. The number of fused-ring (bicyclic) bond motifs is 1. The number of nitrogens with one attached hydrogen (secondary N) is 1. The van der Waals surface area contributed by atoms with Gasteiger partial charge in [0.1, 0.15) is 22.6 Å². The number of halogens is 3. The molecule has 1 aliphatic carbocycles. The minimum Gasteiger partial charge on any atom is -0.369 e. The summed E-state index contributed by atoms with van der Waals surface area (Å²) in [4.78, 5) is 8.42. The predicted molar refractivity (Wildman–Crippen MR) is 102 cm³/mol. The Hall–Kier alpha value is -1.49. The van der Waals surface area contributed by atoms with Gasteiger partial charge in [-0.1, -0.05) is 38.5 Å². The van der Waals surface area contributed by atoms with Crippen molar-refractivity contribution in [1.82, 2.24) is 19.6 Å². The fourth-order valence-corrected chi connectivity index (χ4v) is 2.81. The molecule has 1 unspecified atom stereocenters. The highest BCUT2D eigenvalue weighted by molar-refractivity contribution is 7.28. The molecular weight excluding hydrogens is 383 g/mol. The Morgan fingerprint density at radius 1 is 1.32 bits per heavy atom. The van der Waals surface area contributed by atoms with Crippen molar-refractivity contribution in [2.75, 3.05) is 11.9 Å². The standard InChI is InChI=1S/C10H13ClN5P.C6H4ClF/c1-5-13-10-14-8(11)7(17)9(16(10)15-5)12-4-6-2-3-6;7-5-2-1-3-6(8)4-5/h6,12H,2-4,17H2,1H3;1-4H. The number of nitrogens with zero attached hydrogens (tertiary/aromatic N) is 4. The van der Waals surface area contributed by atoms with Crippen molar-refractivity contribution in [3.05, 3.63) is 46.1 Å². The molecule has 1 aromatic carbocycles. The van der Waals surface area contributed by atoms with Crippen LogP contribution in [0.15, 0.2) is 24.3 Å². The lowest BCUT2D eigenvalue weighted by atomic mass is 10.4. The molecule has 3 aromatic rings. The van der Waals surface area contributed by atoms with E-state index < -0.39 is 0 Å². The SMILES string of the molecule is Cc1nc2nc(Cl)c(P)c(NCC3CC3)n2n1.Fc1cccc(Cl)c1. The van der Waals surface area contributed by atoms with Crippen LogP contribution in [0.4, 0.5) is 10.2 Å². The van der Waals surface area contributed by atoms with Crippen molar-refractivity contribution >= 4 is 49.3 Å². The summed E-state index contributed by atoms with van der Waals surface area (Å²) in [7, 11) is 2.61. The number of rotatable bonds is 3. The van der Waals surface area contributed by atoms with Crippen molar-refractivity contribution in [3.63, 3.8) is 0 Å². The van der Waals surface area contributed by atoms with Crippen molar-refractivity contribution in [2.24, 2.45) is 5.92 Å². The summed E-state index contributed by atoms with van der Waals surface area (Å²) in [6, 6.07) is 5.82. The summed E-state index contributed by atoms with van der Waals surface area (Å²) in [6.45, 7) is 2.80. The monoisotopic (exact) mass is 399 g/mol. The van der Waals surface area contributed by atoms with E-state index in [2.05, 4.69) is 29.6 Å². The molecule has 5 nitrogen and oxygen atoms in total. The first kappa shape index (κ1) is 18.3. The van der Waals surface area contributed by atoms with Crippen LogP contribution in [0.1, 0.15) is 18.7 Å². The Morgan fingerprint density at radius 2 is 2.08 bits per heavy atom. The molecule has 1 atom stereocenters. The summed E-state index contributed by atoms with van der Waals surface area (Å²) >= 11 is 11.5. The molecule has 0 spiro atoms. The third kappa shape index (κ3) is 4.78. The number of anilines is 1. The van der Waals surface area contributed by atoms with Gasteiger partial charge in [0.05, 0.1) is 0 Å². The number of aryl methyl sites for hydroxylation is 1. The number of hydrogen-bond acceptors (Lipinski definition) is 4. The highest BCUT2D eigenvalue weighted by atomic mass is 35.5. The Labute approximate surface area is 157 Å². The van der Waals surface area contributed by atoms with E-state index in [0.717, 1.165) is 23.6 Å². The van der Waals surface area contributed by atoms with Gasteiger partial charge >= 0.3 is 0 Å². The maximum Gasteiger partial charge on any atom is 0.255 e. The van der Waals surface area contributed by atoms with Gasteiger partial charge in [0.25, 0.3) is 5.78 Å². The van der Waals surface area contributed by atoms with E-state index in [0.29, 0.717) is 21.8 Å². The Bertz CT molecular complexity index is 880. The van der Waals surface area contributed by atoms with Gasteiger partial charge < -0.3 is 5.32 Å². The van der Waals surface area contributed by atoms with Gasteiger partial charge in [-0.2, -0.15) is 14.5 Å². The van der Waals surface area contributed by atoms with Crippen LogP contribution in [-0.2, 0) is 0 Å². The quantitative estimate of drug-likeness (QED) is 0.536. The molecule has 1 aliphatic rings. The molecule has 1 saturated carbocycles. The molecule has 9 heteroatoms. The molecule has 1 fully saturated rings. The molecule has 1 N–H and O–H groups in total. The molecule has 132 valence electrons. The van der Waals surface area contributed by atoms with Crippen LogP contribution in [0, 0.1) is 18.7 Å². The van der Waals surface area contributed by atoms with Crippen molar-refractivity contribution in [2.45, 2.75) is 19.8 Å². The van der Waals surface area contributed by atoms with E-state index in [4.69, 9.17) is 23.2 Å². The molecule has 0 aliphatic heterocycles.